The van der Waals surface area contributed by atoms with Gasteiger partial charge in [0.1, 0.15) is 18.0 Å². The minimum absolute atomic E-state index is 0.0373. The third kappa shape index (κ3) is 6.15. The normalized spacial score (nSPS) is 12.0. The van der Waals surface area contributed by atoms with Gasteiger partial charge >= 0.3 is 12.3 Å². The van der Waals surface area contributed by atoms with Crippen LogP contribution in [-0.4, -0.2) is 32.0 Å². The predicted octanol–water partition coefficient (Wildman–Crippen LogP) is 3.66. The van der Waals surface area contributed by atoms with Crippen molar-refractivity contribution in [3.05, 3.63) is 17.7 Å². The summed E-state index contributed by atoms with van der Waals surface area (Å²) in [5.74, 6) is -0.459. The Morgan fingerprint density at radius 1 is 1.21 bits per heavy atom. The molecule has 9 heteroatoms. The third-order valence-electron chi connectivity index (χ3n) is 2.64. The van der Waals surface area contributed by atoms with Crippen molar-refractivity contribution in [2.24, 2.45) is 0 Å². The quantitative estimate of drug-likeness (QED) is 0.625. The average molecular weight is 350 g/mol. The summed E-state index contributed by atoms with van der Waals surface area (Å²) in [6.07, 6.45) is -5.49. The summed E-state index contributed by atoms with van der Waals surface area (Å²) in [4.78, 5) is 11.8. The molecule has 0 saturated heterocycles. The van der Waals surface area contributed by atoms with E-state index in [1.807, 2.05) is 0 Å². The van der Waals surface area contributed by atoms with Crippen LogP contribution in [0.3, 0.4) is 0 Å². The van der Waals surface area contributed by atoms with Crippen LogP contribution in [0, 0.1) is 0 Å². The first kappa shape index (κ1) is 19.9. The van der Waals surface area contributed by atoms with Gasteiger partial charge in [0.05, 0.1) is 23.5 Å². The van der Waals surface area contributed by atoms with E-state index in [-0.39, 0.29) is 24.6 Å². The van der Waals surface area contributed by atoms with Crippen LogP contribution < -0.4 is 15.8 Å². The Bertz CT molecular complexity index is 583. The van der Waals surface area contributed by atoms with Gasteiger partial charge in [0.15, 0.2) is 0 Å². The van der Waals surface area contributed by atoms with Gasteiger partial charge in [-0.1, -0.05) is 0 Å². The number of benzene rings is 1. The van der Waals surface area contributed by atoms with Crippen molar-refractivity contribution in [2.75, 3.05) is 31.4 Å². The smallest absolute Gasteiger partial charge is 0.420 e. The van der Waals surface area contributed by atoms with Crippen LogP contribution >= 0.6 is 0 Å². The molecule has 24 heavy (non-hydrogen) atoms. The van der Waals surface area contributed by atoms with Crippen LogP contribution in [0.15, 0.2) is 12.1 Å². The highest BCUT2D eigenvalue weighted by atomic mass is 19.4. The highest BCUT2D eigenvalue weighted by molar-refractivity contribution is 5.90. The molecule has 0 spiro atoms. The van der Waals surface area contributed by atoms with Crippen LogP contribution in [0.1, 0.15) is 26.3 Å². The van der Waals surface area contributed by atoms with Crippen LogP contribution in [0.5, 0.6) is 5.75 Å². The van der Waals surface area contributed by atoms with Crippen LogP contribution in [-0.2, 0) is 15.7 Å². The summed E-state index contributed by atoms with van der Waals surface area (Å²) in [6.45, 7) is 4.98. The van der Waals surface area contributed by atoms with Gasteiger partial charge in [0.2, 0.25) is 0 Å². The lowest BCUT2D eigenvalue weighted by Gasteiger charge is -2.21. The molecule has 0 saturated carbocycles. The summed E-state index contributed by atoms with van der Waals surface area (Å²) in [7, 11) is 1.40. The van der Waals surface area contributed by atoms with Crippen LogP contribution in [0.25, 0.3) is 0 Å². The molecule has 0 aromatic heterocycles. The first-order chi connectivity index (χ1) is 10.9. The molecule has 1 amide bonds. The monoisotopic (exact) mass is 350 g/mol. The summed E-state index contributed by atoms with van der Waals surface area (Å²) >= 11 is 0. The number of nitrogens with one attached hydrogen (secondary N) is 1. The van der Waals surface area contributed by atoms with E-state index >= 15 is 0 Å². The minimum Gasteiger partial charge on any atom is -0.490 e. The van der Waals surface area contributed by atoms with E-state index in [1.165, 1.54) is 7.11 Å². The van der Waals surface area contributed by atoms with Gasteiger partial charge in [0.25, 0.3) is 0 Å². The fraction of sp³-hybridized carbons (Fsp3) is 0.533. The maximum atomic E-state index is 13.1. The molecule has 0 unspecified atom stereocenters. The standard InChI is InChI=1S/C15H21F3N2O4/c1-14(2,3)24-13(21)20-11-8-12(23-6-5-22-4)9(7-10(11)19)15(16,17)18/h7-8H,5-6,19H2,1-4H3,(H,20,21). The van der Waals surface area contributed by atoms with Gasteiger partial charge in [-0.15, -0.1) is 0 Å². The number of hydrogen-bond donors (Lipinski definition) is 2. The number of halogens is 3. The number of alkyl halides is 3. The molecule has 0 heterocycles. The summed E-state index contributed by atoms with van der Waals surface area (Å²) < 4.78 is 54.1. The van der Waals surface area contributed by atoms with E-state index in [0.29, 0.717) is 6.07 Å². The van der Waals surface area contributed by atoms with Crippen molar-refractivity contribution in [1.82, 2.24) is 0 Å². The number of methoxy groups -OCH3 is 1. The molecule has 0 aliphatic heterocycles. The Balaban J connectivity index is 3.09. The van der Waals surface area contributed by atoms with E-state index in [9.17, 15) is 18.0 Å². The molecule has 0 radical (unpaired) electrons. The summed E-state index contributed by atoms with van der Waals surface area (Å²) in [5, 5.41) is 2.31. The third-order valence-corrected chi connectivity index (χ3v) is 2.64. The number of anilines is 2. The second-order valence-electron chi connectivity index (χ2n) is 5.90. The van der Waals surface area contributed by atoms with Gasteiger partial charge in [0, 0.05) is 13.2 Å². The number of nitrogens with two attached hydrogens (primary N) is 1. The van der Waals surface area contributed by atoms with Crippen LogP contribution in [0.2, 0.25) is 0 Å². The van der Waals surface area contributed by atoms with Gasteiger partial charge < -0.3 is 19.9 Å². The summed E-state index contributed by atoms with van der Waals surface area (Å²) in [5.41, 5.74) is 3.51. The van der Waals surface area contributed by atoms with Crippen molar-refractivity contribution in [1.29, 1.82) is 0 Å². The molecule has 0 bridgehead atoms. The van der Waals surface area contributed by atoms with Crippen molar-refractivity contribution in [2.45, 2.75) is 32.5 Å². The zero-order valence-corrected chi connectivity index (χ0v) is 13.9. The molecule has 136 valence electrons. The molecule has 0 fully saturated rings. The number of amides is 1. The lowest BCUT2D eigenvalue weighted by atomic mass is 10.1. The van der Waals surface area contributed by atoms with E-state index in [4.69, 9.17) is 19.9 Å². The van der Waals surface area contributed by atoms with Gasteiger partial charge in [-0.05, 0) is 26.8 Å². The number of rotatable bonds is 5. The molecule has 1 rings (SSSR count). The first-order valence-corrected chi connectivity index (χ1v) is 7.06. The molecule has 0 aliphatic carbocycles. The second-order valence-corrected chi connectivity index (χ2v) is 5.90. The fourth-order valence-corrected chi connectivity index (χ4v) is 1.69. The molecule has 0 aliphatic rings. The zero-order valence-electron chi connectivity index (χ0n) is 13.9. The van der Waals surface area contributed by atoms with Gasteiger partial charge in [-0.2, -0.15) is 13.2 Å². The van der Waals surface area contributed by atoms with Crippen LogP contribution in [0.4, 0.5) is 29.3 Å². The Hall–Kier alpha value is -2.16. The number of carbonyl (C=O) groups excluding carboxylic acids is 1. The second kappa shape index (κ2) is 7.61. The lowest BCUT2D eigenvalue weighted by Crippen LogP contribution is -2.27. The topological polar surface area (TPSA) is 82.8 Å². The van der Waals surface area contributed by atoms with Crippen molar-refractivity contribution in [3.8, 4) is 5.75 Å². The fourth-order valence-electron chi connectivity index (χ4n) is 1.69. The molecule has 6 nitrogen and oxygen atoms in total. The molecule has 0 atom stereocenters. The SMILES string of the molecule is COCCOc1cc(NC(=O)OC(C)(C)C)c(N)cc1C(F)(F)F. The van der Waals surface area contributed by atoms with Crippen molar-refractivity contribution < 1.29 is 32.2 Å². The van der Waals surface area contributed by atoms with E-state index in [1.54, 1.807) is 20.8 Å². The van der Waals surface area contributed by atoms with E-state index in [0.717, 1.165) is 6.07 Å². The van der Waals surface area contributed by atoms with E-state index in [2.05, 4.69) is 5.32 Å². The number of ether oxygens (including phenoxy) is 3. The zero-order chi connectivity index (χ0) is 18.5. The Labute approximate surface area is 138 Å². The molecule has 1 aromatic rings. The Morgan fingerprint density at radius 2 is 1.83 bits per heavy atom. The minimum atomic E-state index is -4.65. The molecule has 1 aromatic carbocycles. The predicted molar refractivity (Wildman–Crippen MR) is 83.1 cm³/mol. The van der Waals surface area contributed by atoms with Gasteiger partial charge in [-0.25, -0.2) is 4.79 Å². The Morgan fingerprint density at radius 3 is 2.33 bits per heavy atom. The largest absolute Gasteiger partial charge is 0.490 e. The molecular weight excluding hydrogens is 329 g/mol. The van der Waals surface area contributed by atoms with Crippen molar-refractivity contribution >= 4 is 17.5 Å². The molecule has 3 N–H and O–H groups in total. The first-order valence-electron chi connectivity index (χ1n) is 7.06. The maximum Gasteiger partial charge on any atom is 0.420 e. The summed E-state index contributed by atoms with van der Waals surface area (Å²) in [6, 6.07) is 1.71. The van der Waals surface area contributed by atoms with Crippen molar-refractivity contribution in [3.63, 3.8) is 0 Å². The highest BCUT2D eigenvalue weighted by Gasteiger charge is 2.35. The van der Waals surface area contributed by atoms with E-state index < -0.39 is 29.2 Å². The number of nitrogen functional groups attached to an aromatic ring is 1. The maximum absolute atomic E-state index is 13.1. The Kier molecular flexibility index (Phi) is 6.30. The lowest BCUT2D eigenvalue weighted by molar-refractivity contribution is -0.139. The number of carbonyl (C=O) groups is 1. The molecular formula is C15H21F3N2O4. The number of hydrogen-bond acceptors (Lipinski definition) is 5. The van der Waals surface area contributed by atoms with Gasteiger partial charge in [-0.3, -0.25) is 5.32 Å². The average Bonchev–Trinajstić information content (AvgIpc) is 2.38. The highest BCUT2D eigenvalue weighted by Crippen LogP contribution is 2.40.